The summed E-state index contributed by atoms with van der Waals surface area (Å²) in [6.07, 6.45) is 2.32. The lowest BCUT2D eigenvalue weighted by atomic mass is 10.1. The molecule has 2 aliphatic rings. The van der Waals surface area contributed by atoms with Gasteiger partial charge in [-0.25, -0.2) is 0 Å². The van der Waals surface area contributed by atoms with Gasteiger partial charge in [0, 0.05) is 25.7 Å². The minimum Gasteiger partial charge on any atom is -0.420 e. The first kappa shape index (κ1) is 21.6. The van der Waals surface area contributed by atoms with Gasteiger partial charge in [0.05, 0.1) is 17.1 Å². The minimum absolute atomic E-state index is 0.0182. The third-order valence-electron chi connectivity index (χ3n) is 5.03. The molecule has 0 aliphatic carbocycles. The van der Waals surface area contributed by atoms with Gasteiger partial charge in [-0.15, -0.1) is 0 Å². The fourth-order valence-electron chi connectivity index (χ4n) is 3.71. The van der Waals surface area contributed by atoms with Crippen LogP contribution in [0, 0.1) is 11.3 Å². The molecule has 0 N–H and O–H groups in total. The Morgan fingerprint density at radius 1 is 1.29 bits per heavy atom. The number of morpholine rings is 1. The average Bonchev–Trinajstić information content (AvgIpc) is 3.27. The van der Waals surface area contributed by atoms with Crippen LogP contribution in [0.5, 0.6) is 0 Å². The van der Waals surface area contributed by atoms with Crippen molar-refractivity contribution in [2.75, 3.05) is 24.5 Å². The van der Waals surface area contributed by atoms with Crippen LogP contribution in [-0.4, -0.2) is 52.0 Å². The van der Waals surface area contributed by atoms with Crippen molar-refractivity contribution in [1.82, 2.24) is 9.88 Å². The number of aromatic nitrogens is 1. The number of hydrogen-bond acceptors (Lipinski definition) is 8. The number of benzene rings is 1. The highest BCUT2D eigenvalue weighted by Crippen LogP contribution is 2.34. The van der Waals surface area contributed by atoms with E-state index in [1.807, 2.05) is 49.1 Å². The summed E-state index contributed by atoms with van der Waals surface area (Å²) in [5.74, 6) is 0.468. The van der Waals surface area contributed by atoms with Crippen LogP contribution < -0.4 is 4.90 Å². The van der Waals surface area contributed by atoms with E-state index in [0.717, 1.165) is 12.0 Å². The molecule has 1 aromatic carbocycles. The molecular weight excluding hydrogens is 432 g/mol. The van der Waals surface area contributed by atoms with Crippen molar-refractivity contribution in [3.8, 4) is 6.07 Å². The Balaban J connectivity index is 1.51. The lowest BCUT2D eigenvalue weighted by Crippen LogP contribution is -2.45. The van der Waals surface area contributed by atoms with E-state index in [4.69, 9.17) is 21.4 Å². The second-order valence-corrected chi connectivity index (χ2v) is 9.22. The van der Waals surface area contributed by atoms with Crippen LogP contribution in [0.4, 0.5) is 5.88 Å². The second kappa shape index (κ2) is 9.22. The minimum atomic E-state index is -0.169. The molecule has 2 aromatic rings. The third-order valence-corrected chi connectivity index (χ3v) is 6.41. The second-order valence-electron chi connectivity index (χ2n) is 7.55. The van der Waals surface area contributed by atoms with Gasteiger partial charge in [-0.2, -0.15) is 10.2 Å². The highest BCUT2D eigenvalue weighted by molar-refractivity contribution is 8.26. The monoisotopic (exact) mass is 454 g/mol. The van der Waals surface area contributed by atoms with Crippen LogP contribution >= 0.6 is 24.0 Å². The number of ether oxygens (including phenoxy) is 1. The quantitative estimate of drug-likeness (QED) is 0.501. The summed E-state index contributed by atoms with van der Waals surface area (Å²) in [6, 6.07) is 12.1. The standard InChI is InChI=1S/C22H22N4O3S2/c1-14-12-25(13-15(2)28-14)21-17(11-23)24-19(29-21)10-18-20(27)26(22(30)31-18)9-8-16-6-4-3-5-7-16/h3-7,10,14-15H,8-9,12-13H2,1-2H3/b18-10+. The van der Waals surface area contributed by atoms with Crippen LogP contribution in [0.15, 0.2) is 39.7 Å². The summed E-state index contributed by atoms with van der Waals surface area (Å²) in [4.78, 5) is 21.2. The van der Waals surface area contributed by atoms with Crippen molar-refractivity contribution in [3.05, 3.63) is 52.4 Å². The Bertz CT molecular complexity index is 1050. The summed E-state index contributed by atoms with van der Waals surface area (Å²) in [7, 11) is 0. The van der Waals surface area contributed by atoms with Crippen LogP contribution in [0.1, 0.15) is 31.0 Å². The molecular formula is C22H22N4O3S2. The predicted molar refractivity (Wildman–Crippen MR) is 123 cm³/mol. The van der Waals surface area contributed by atoms with Gasteiger partial charge >= 0.3 is 0 Å². The molecule has 31 heavy (non-hydrogen) atoms. The predicted octanol–water partition coefficient (Wildman–Crippen LogP) is 3.60. The molecule has 0 spiro atoms. The normalized spacial score (nSPS) is 22.9. The number of nitriles is 1. The van der Waals surface area contributed by atoms with Gasteiger partial charge in [-0.3, -0.25) is 9.69 Å². The van der Waals surface area contributed by atoms with Gasteiger partial charge in [-0.1, -0.05) is 54.3 Å². The van der Waals surface area contributed by atoms with Crippen molar-refractivity contribution in [1.29, 1.82) is 5.26 Å². The number of carbonyl (C=O) groups excluding carboxylic acids is 1. The molecule has 2 saturated heterocycles. The van der Waals surface area contributed by atoms with Gasteiger partial charge in [-0.05, 0) is 25.8 Å². The SMILES string of the molecule is CC1CN(c2oc(/C=C3/SC(=S)N(CCc4ccccc4)C3=O)nc2C#N)CC(C)O1. The van der Waals surface area contributed by atoms with E-state index in [2.05, 4.69) is 11.1 Å². The van der Waals surface area contributed by atoms with E-state index in [1.54, 1.807) is 11.0 Å². The zero-order valence-electron chi connectivity index (χ0n) is 17.3. The smallest absolute Gasteiger partial charge is 0.266 e. The molecule has 9 heteroatoms. The number of rotatable bonds is 5. The number of amides is 1. The Kier molecular flexibility index (Phi) is 6.41. The Labute approximate surface area is 190 Å². The van der Waals surface area contributed by atoms with Crippen molar-refractivity contribution in [2.45, 2.75) is 32.5 Å². The summed E-state index contributed by atoms with van der Waals surface area (Å²) in [5, 5.41) is 9.52. The molecule has 0 radical (unpaired) electrons. The van der Waals surface area contributed by atoms with E-state index >= 15 is 0 Å². The number of oxazole rings is 1. The molecule has 2 aliphatic heterocycles. The van der Waals surface area contributed by atoms with Crippen LogP contribution in [0.3, 0.4) is 0 Å². The molecule has 160 valence electrons. The lowest BCUT2D eigenvalue weighted by molar-refractivity contribution is -0.122. The fraction of sp³-hybridized carbons (Fsp3) is 0.364. The number of thioether (sulfide) groups is 1. The first-order valence-corrected chi connectivity index (χ1v) is 11.3. The maximum Gasteiger partial charge on any atom is 0.266 e. The summed E-state index contributed by atoms with van der Waals surface area (Å²) in [5.41, 5.74) is 1.35. The largest absolute Gasteiger partial charge is 0.420 e. The number of carbonyl (C=O) groups is 1. The molecule has 0 bridgehead atoms. The number of anilines is 1. The number of hydrogen-bond donors (Lipinski definition) is 0. The van der Waals surface area contributed by atoms with E-state index in [0.29, 0.717) is 34.7 Å². The maximum absolute atomic E-state index is 12.9. The zero-order valence-corrected chi connectivity index (χ0v) is 18.9. The first-order chi connectivity index (χ1) is 14.9. The van der Waals surface area contributed by atoms with E-state index < -0.39 is 0 Å². The molecule has 2 fully saturated rings. The maximum atomic E-state index is 12.9. The average molecular weight is 455 g/mol. The van der Waals surface area contributed by atoms with Gasteiger partial charge in [0.2, 0.25) is 17.5 Å². The summed E-state index contributed by atoms with van der Waals surface area (Å²) < 4.78 is 12.1. The molecule has 4 rings (SSSR count). The Morgan fingerprint density at radius 3 is 2.68 bits per heavy atom. The molecule has 2 unspecified atom stereocenters. The van der Waals surface area contributed by atoms with Crippen LogP contribution in [0.25, 0.3) is 6.08 Å². The van der Waals surface area contributed by atoms with E-state index in [9.17, 15) is 10.1 Å². The fourth-order valence-corrected chi connectivity index (χ4v) is 4.98. The topological polar surface area (TPSA) is 82.6 Å². The summed E-state index contributed by atoms with van der Waals surface area (Å²) in [6.45, 7) is 5.68. The number of nitrogens with zero attached hydrogens (tertiary/aromatic N) is 4. The Morgan fingerprint density at radius 2 is 2.00 bits per heavy atom. The Hall–Kier alpha value is -2.67. The first-order valence-electron chi connectivity index (χ1n) is 10.0. The molecule has 0 saturated carbocycles. The van der Waals surface area contributed by atoms with Gasteiger partial charge < -0.3 is 14.1 Å². The molecule has 1 aromatic heterocycles. The van der Waals surface area contributed by atoms with E-state index in [-0.39, 0.29) is 29.7 Å². The molecule has 3 heterocycles. The summed E-state index contributed by atoms with van der Waals surface area (Å²) >= 11 is 6.63. The van der Waals surface area contributed by atoms with Gasteiger partial charge in [0.15, 0.2) is 0 Å². The molecule has 2 atom stereocenters. The van der Waals surface area contributed by atoms with Gasteiger partial charge in [0.25, 0.3) is 5.91 Å². The van der Waals surface area contributed by atoms with Gasteiger partial charge in [0.1, 0.15) is 10.4 Å². The van der Waals surface area contributed by atoms with Crippen LogP contribution in [0.2, 0.25) is 0 Å². The highest BCUT2D eigenvalue weighted by Gasteiger charge is 2.33. The zero-order chi connectivity index (χ0) is 22.0. The van der Waals surface area contributed by atoms with Crippen molar-refractivity contribution >= 4 is 46.2 Å². The van der Waals surface area contributed by atoms with Crippen LogP contribution in [-0.2, 0) is 16.0 Å². The van der Waals surface area contributed by atoms with Crippen molar-refractivity contribution < 1.29 is 13.9 Å². The van der Waals surface area contributed by atoms with Crippen molar-refractivity contribution in [3.63, 3.8) is 0 Å². The highest BCUT2D eigenvalue weighted by atomic mass is 32.2. The molecule has 1 amide bonds. The number of thiocarbonyl (C=S) groups is 1. The lowest BCUT2D eigenvalue weighted by Gasteiger charge is -2.34. The third kappa shape index (κ3) is 4.82. The molecule has 7 nitrogen and oxygen atoms in total. The van der Waals surface area contributed by atoms with E-state index in [1.165, 1.54) is 11.8 Å². The van der Waals surface area contributed by atoms with Crippen molar-refractivity contribution in [2.24, 2.45) is 0 Å².